The molecule has 0 spiro atoms. The Balaban J connectivity index is 1.33. The van der Waals surface area contributed by atoms with Crippen molar-refractivity contribution in [1.29, 1.82) is 0 Å². The number of ether oxygens (including phenoxy) is 1. The van der Waals surface area contributed by atoms with Gasteiger partial charge < -0.3 is 20.5 Å². The van der Waals surface area contributed by atoms with Gasteiger partial charge in [-0.2, -0.15) is 5.10 Å². The molecule has 9 nitrogen and oxygen atoms in total. The maximum atomic E-state index is 12.6. The Morgan fingerprint density at radius 2 is 1.69 bits per heavy atom. The molecule has 0 saturated carbocycles. The van der Waals surface area contributed by atoms with Gasteiger partial charge in [0.05, 0.1) is 18.7 Å². The molecule has 0 fully saturated rings. The zero-order chi connectivity index (χ0) is 24.9. The number of hydrogen-bond donors (Lipinski definition) is 3. The quantitative estimate of drug-likeness (QED) is 0.436. The Hall–Kier alpha value is -4.14. The first kappa shape index (κ1) is 24.0. The highest BCUT2D eigenvalue weighted by atomic mass is 16.5. The van der Waals surface area contributed by atoms with E-state index in [4.69, 9.17) is 9.84 Å². The fourth-order valence-corrected chi connectivity index (χ4v) is 4.33. The number of aromatic nitrogens is 2. The van der Waals surface area contributed by atoms with Gasteiger partial charge in [0.1, 0.15) is 12.3 Å². The van der Waals surface area contributed by atoms with Crippen LogP contribution in [0, 0.1) is 5.92 Å². The summed E-state index contributed by atoms with van der Waals surface area (Å²) in [5.74, 6) is -1.89. The molecule has 2 amide bonds. The van der Waals surface area contributed by atoms with Crippen LogP contribution in [0.2, 0.25) is 0 Å². The van der Waals surface area contributed by atoms with Crippen molar-refractivity contribution in [3.63, 3.8) is 0 Å². The number of aliphatic carboxylic acids is 1. The summed E-state index contributed by atoms with van der Waals surface area (Å²) in [6, 6.07) is 16.2. The molecule has 182 valence electrons. The van der Waals surface area contributed by atoms with E-state index in [1.807, 2.05) is 24.3 Å². The lowest BCUT2D eigenvalue weighted by Gasteiger charge is -2.15. The van der Waals surface area contributed by atoms with Crippen molar-refractivity contribution >= 4 is 18.0 Å². The van der Waals surface area contributed by atoms with Crippen LogP contribution in [0.15, 0.2) is 54.7 Å². The van der Waals surface area contributed by atoms with Gasteiger partial charge in [-0.15, -0.1) is 0 Å². The molecule has 1 atom stereocenters. The standard InChI is InChI=1S/C26H28N4O5/c1-16(25(32)33)11-12-27-24(31)23-17(14-29-30(23)2)13-28-26(34)35-15-22-20-9-5-3-7-18(20)19-8-4-6-10-21(19)22/h3-10,14,16,22H,11-13,15H2,1-2H3,(H,27,31)(H,28,34)(H,32,33). The van der Waals surface area contributed by atoms with Crippen molar-refractivity contribution in [3.05, 3.63) is 77.1 Å². The largest absolute Gasteiger partial charge is 0.481 e. The van der Waals surface area contributed by atoms with Crippen LogP contribution in [-0.2, 0) is 23.1 Å². The summed E-state index contributed by atoms with van der Waals surface area (Å²) >= 11 is 0. The maximum Gasteiger partial charge on any atom is 0.407 e. The van der Waals surface area contributed by atoms with Gasteiger partial charge in [-0.25, -0.2) is 4.79 Å². The highest BCUT2D eigenvalue weighted by Gasteiger charge is 2.29. The molecule has 1 aromatic heterocycles. The smallest absolute Gasteiger partial charge is 0.407 e. The van der Waals surface area contributed by atoms with E-state index in [1.165, 1.54) is 10.9 Å². The van der Waals surface area contributed by atoms with Gasteiger partial charge >= 0.3 is 12.1 Å². The van der Waals surface area contributed by atoms with Crippen molar-refractivity contribution in [2.75, 3.05) is 13.2 Å². The lowest BCUT2D eigenvalue weighted by atomic mass is 9.98. The van der Waals surface area contributed by atoms with Gasteiger partial charge in [-0.05, 0) is 28.7 Å². The van der Waals surface area contributed by atoms with Gasteiger partial charge in [-0.3, -0.25) is 14.3 Å². The number of carboxylic acids is 1. The number of amides is 2. The molecular weight excluding hydrogens is 448 g/mol. The lowest BCUT2D eigenvalue weighted by molar-refractivity contribution is -0.141. The van der Waals surface area contributed by atoms with E-state index in [0.29, 0.717) is 17.7 Å². The summed E-state index contributed by atoms with van der Waals surface area (Å²) in [5.41, 5.74) is 5.40. The second-order valence-corrected chi connectivity index (χ2v) is 8.60. The Morgan fingerprint density at radius 3 is 2.31 bits per heavy atom. The third kappa shape index (κ3) is 5.18. The molecule has 1 aliphatic carbocycles. The average Bonchev–Trinajstić information content (AvgIpc) is 3.38. The van der Waals surface area contributed by atoms with Crippen molar-refractivity contribution in [1.82, 2.24) is 20.4 Å². The van der Waals surface area contributed by atoms with Gasteiger partial charge in [0.15, 0.2) is 0 Å². The number of hydrogen-bond acceptors (Lipinski definition) is 5. The number of carbonyl (C=O) groups excluding carboxylic acids is 2. The fraction of sp³-hybridized carbons (Fsp3) is 0.308. The number of carbonyl (C=O) groups is 3. The summed E-state index contributed by atoms with van der Waals surface area (Å²) in [5, 5.41) is 18.5. The van der Waals surface area contributed by atoms with E-state index in [9.17, 15) is 14.4 Å². The molecule has 35 heavy (non-hydrogen) atoms. The number of fused-ring (bicyclic) bond motifs is 3. The van der Waals surface area contributed by atoms with Crippen molar-refractivity contribution in [3.8, 4) is 11.1 Å². The number of rotatable bonds is 9. The molecule has 0 radical (unpaired) electrons. The third-order valence-corrected chi connectivity index (χ3v) is 6.28. The highest BCUT2D eigenvalue weighted by molar-refractivity contribution is 5.94. The maximum absolute atomic E-state index is 12.6. The summed E-state index contributed by atoms with van der Waals surface area (Å²) < 4.78 is 6.97. The minimum atomic E-state index is -0.909. The van der Waals surface area contributed by atoms with Crippen molar-refractivity contribution in [2.24, 2.45) is 13.0 Å². The third-order valence-electron chi connectivity index (χ3n) is 6.28. The Morgan fingerprint density at radius 1 is 1.06 bits per heavy atom. The first-order valence-electron chi connectivity index (χ1n) is 11.5. The Kier molecular flexibility index (Phi) is 7.14. The van der Waals surface area contributed by atoms with E-state index in [1.54, 1.807) is 14.0 Å². The summed E-state index contributed by atoms with van der Waals surface area (Å²) in [6.07, 6.45) is 1.24. The number of carboxylic acid groups (broad SMARTS) is 1. The first-order chi connectivity index (χ1) is 16.9. The van der Waals surface area contributed by atoms with Gasteiger partial charge in [0, 0.05) is 25.1 Å². The van der Waals surface area contributed by atoms with Crippen LogP contribution in [0.25, 0.3) is 11.1 Å². The van der Waals surface area contributed by atoms with Gasteiger partial charge in [0.2, 0.25) is 0 Å². The molecule has 4 rings (SSSR count). The van der Waals surface area contributed by atoms with E-state index in [2.05, 4.69) is 40.0 Å². The van der Waals surface area contributed by atoms with Crippen molar-refractivity contribution < 1.29 is 24.2 Å². The molecule has 1 unspecified atom stereocenters. The highest BCUT2D eigenvalue weighted by Crippen LogP contribution is 2.44. The Labute approximate surface area is 203 Å². The minimum Gasteiger partial charge on any atom is -0.481 e. The average molecular weight is 477 g/mol. The molecule has 1 aliphatic rings. The van der Waals surface area contributed by atoms with Crippen LogP contribution >= 0.6 is 0 Å². The molecule has 1 heterocycles. The fourth-order valence-electron chi connectivity index (χ4n) is 4.33. The predicted molar refractivity (Wildman–Crippen MR) is 129 cm³/mol. The molecule has 0 saturated heterocycles. The summed E-state index contributed by atoms with van der Waals surface area (Å²) in [4.78, 5) is 36.0. The normalized spacial score (nSPS) is 13.0. The molecular formula is C26H28N4O5. The van der Waals surface area contributed by atoms with E-state index < -0.39 is 18.0 Å². The lowest BCUT2D eigenvalue weighted by Crippen LogP contribution is -2.31. The van der Waals surface area contributed by atoms with E-state index >= 15 is 0 Å². The number of nitrogens with zero attached hydrogens (tertiary/aromatic N) is 2. The monoisotopic (exact) mass is 476 g/mol. The second-order valence-electron chi connectivity index (χ2n) is 8.60. The molecule has 0 aliphatic heterocycles. The second kappa shape index (κ2) is 10.4. The Bertz CT molecular complexity index is 1210. The predicted octanol–water partition coefficient (Wildman–Crippen LogP) is 3.30. The molecule has 0 bridgehead atoms. The van der Waals surface area contributed by atoms with Crippen LogP contribution < -0.4 is 10.6 Å². The molecule has 3 aromatic rings. The van der Waals surface area contributed by atoms with Crippen molar-refractivity contribution in [2.45, 2.75) is 25.8 Å². The van der Waals surface area contributed by atoms with Crippen LogP contribution in [0.1, 0.15) is 46.4 Å². The summed E-state index contributed by atoms with van der Waals surface area (Å²) in [6.45, 7) is 2.07. The molecule has 3 N–H and O–H groups in total. The van der Waals surface area contributed by atoms with Crippen LogP contribution in [0.5, 0.6) is 0 Å². The first-order valence-corrected chi connectivity index (χ1v) is 11.5. The zero-order valence-electron chi connectivity index (χ0n) is 19.7. The van der Waals surface area contributed by atoms with Crippen LogP contribution in [0.3, 0.4) is 0 Å². The van der Waals surface area contributed by atoms with Gasteiger partial charge in [-0.1, -0.05) is 55.5 Å². The molecule has 2 aromatic carbocycles. The van der Waals surface area contributed by atoms with Crippen LogP contribution in [0.4, 0.5) is 4.79 Å². The number of aryl methyl sites for hydroxylation is 1. The molecule has 9 heteroatoms. The topological polar surface area (TPSA) is 123 Å². The zero-order valence-corrected chi connectivity index (χ0v) is 19.7. The summed E-state index contributed by atoms with van der Waals surface area (Å²) in [7, 11) is 1.63. The van der Waals surface area contributed by atoms with Crippen LogP contribution in [-0.4, -0.2) is 46.0 Å². The SMILES string of the molecule is CC(CCNC(=O)c1c(CNC(=O)OCC2c3ccccc3-c3ccccc32)cnn1C)C(=O)O. The number of benzene rings is 2. The minimum absolute atomic E-state index is 0.0407. The number of alkyl carbamates (subject to hydrolysis) is 1. The van der Waals surface area contributed by atoms with E-state index in [0.717, 1.165) is 22.3 Å². The van der Waals surface area contributed by atoms with Gasteiger partial charge in [0.25, 0.3) is 5.91 Å². The number of nitrogens with one attached hydrogen (secondary N) is 2. The van der Waals surface area contributed by atoms with E-state index in [-0.39, 0.29) is 31.5 Å².